The lowest BCUT2D eigenvalue weighted by molar-refractivity contribution is -0.118. The standard InChI is InChI=1S/C28H28N4O5S2/c1-3-37-19-11-9-18(10-12-19)32-27(35)25-20-6-4-5-7-23(20)39-26(25)30-28(32)38-16-24(34)31-29-15-17-8-13-21(33)22(14-17)36-2/h8-15,33H,3-7,16H2,1-2H3,(H,31,34). The first-order valence-electron chi connectivity index (χ1n) is 12.6. The van der Waals surface area contributed by atoms with Gasteiger partial charge in [0.2, 0.25) is 0 Å². The van der Waals surface area contributed by atoms with Crippen molar-refractivity contribution < 1.29 is 19.4 Å². The lowest BCUT2D eigenvalue weighted by Gasteiger charge is -2.14. The Hall–Kier alpha value is -3.83. The molecule has 0 bridgehead atoms. The van der Waals surface area contributed by atoms with E-state index in [0.717, 1.165) is 36.1 Å². The highest BCUT2D eigenvalue weighted by atomic mass is 32.2. The summed E-state index contributed by atoms with van der Waals surface area (Å²) >= 11 is 2.76. The number of hydrazone groups is 1. The molecule has 1 aliphatic carbocycles. The van der Waals surface area contributed by atoms with Crippen molar-refractivity contribution in [3.05, 3.63) is 68.8 Å². The van der Waals surface area contributed by atoms with Gasteiger partial charge in [0, 0.05) is 4.88 Å². The zero-order chi connectivity index (χ0) is 27.4. The molecule has 2 heterocycles. The summed E-state index contributed by atoms with van der Waals surface area (Å²) < 4.78 is 12.2. The Morgan fingerprint density at radius 2 is 2.03 bits per heavy atom. The van der Waals surface area contributed by atoms with E-state index in [0.29, 0.717) is 39.9 Å². The van der Waals surface area contributed by atoms with Crippen molar-refractivity contribution in [2.24, 2.45) is 5.10 Å². The number of methoxy groups -OCH3 is 1. The Bertz CT molecular complexity index is 1590. The van der Waals surface area contributed by atoms with Gasteiger partial charge in [-0.15, -0.1) is 11.3 Å². The van der Waals surface area contributed by atoms with Gasteiger partial charge in [-0.25, -0.2) is 10.4 Å². The van der Waals surface area contributed by atoms with Crippen molar-refractivity contribution >= 4 is 45.4 Å². The summed E-state index contributed by atoms with van der Waals surface area (Å²) in [6, 6.07) is 12.1. The maximum atomic E-state index is 13.9. The monoisotopic (exact) mass is 564 g/mol. The molecule has 202 valence electrons. The van der Waals surface area contributed by atoms with Gasteiger partial charge in [0.15, 0.2) is 16.7 Å². The van der Waals surface area contributed by atoms with E-state index < -0.39 is 0 Å². The summed E-state index contributed by atoms with van der Waals surface area (Å²) in [4.78, 5) is 33.3. The number of aryl methyl sites for hydroxylation is 2. The normalized spacial score (nSPS) is 13.0. The van der Waals surface area contributed by atoms with Crippen LogP contribution in [0.25, 0.3) is 15.9 Å². The molecule has 4 aromatic rings. The summed E-state index contributed by atoms with van der Waals surface area (Å²) in [6.45, 7) is 2.47. The van der Waals surface area contributed by atoms with Crippen LogP contribution in [0.5, 0.6) is 17.2 Å². The molecule has 1 amide bonds. The number of aromatic hydroxyl groups is 1. The number of nitrogens with zero attached hydrogens (tertiary/aromatic N) is 3. The average molecular weight is 565 g/mol. The Balaban J connectivity index is 1.40. The Morgan fingerprint density at radius 1 is 1.23 bits per heavy atom. The molecule has 0 spiro atoms. The largest absolute Gasteiger partial charge is 0.504 e. The molecule has 5 rings (SSSR count). The fraction of sp³-hybridized carbons (Fsp3) is 0.286. The van der Waals surface area contributed by atoms with Crippen LogP contribution in [-0.4, -0.2) is 46.2 Å². The topological polar surface area (TPSA) is 115 Å². The highest BCUT2D eigenvalue weighted by molar-refractivity contribution is 7.99. The molecule has 0 unspecified atom stereocenters. The second kappa shape index (κ2) is 11.9. The summed E-state index contributed by atoms with van der Waals surface area (Å²) in [5, 5.41) is 14.9. The van der Waals surface area contributed by atoms with Gasteiger partial charge in [-0.2, -0.15) is 5.10 Å². The van der Waals surface area contributed by atoms with Crippen LogP contribution < -0.4 is 20.5 Å². The van der Waals surface area contributed by atoms with Gasteiger partial charge in [0.25, 0.3) is 11.5 Å². The Morgan fingerprint density at radius 3 is 2.79 bits per heavy atom. The molecule has 2 aromatic heterocycles. The van der Waals surface area contributed by atoms with Crippen molar-refractivity contribution in [3.8, 4) is 22.9 Å². The number of thioether (sulfide) groups is 1. The molecule has 0 aliphatic heterocycles. The molecule has 0 radical (unpaired) electrons. The van der Waals surface area contributed by atoms with Gasteiger partial charge < -0.3 is 14.6 Å². The van der Waals surface area contributed by atoms with Crippen molar-refractivity contribution in [2.45, 2.75) is 37.8 Å². The number of carbonyl (C=O) groups excluding carboxylic acids is 1. The molecule has 2 aromatic carbocycles. The van der Waals surface area contributed by atoms with Crippen molar-refractivity contribution in [1.82, 2.24) is 15.0 Å². The average Bonchev–Trinajstić information content (AvgIpc) is 3.32. The molecule has 1 aliphatic rings. The van der Waals surface area contributed by atoms with Crippen LogP contribution in [0.1, 0.15) is 35.8 Å². The van der Waals surface area contributed by atoms with Gasteiger partial charge in [0.1, 0.15) is 10.6 Å². The third kappa shape index (κ3) is 5.79. The number of hydrogen-bond acceptors (Lipinski definition) is 9. The molecule has 0 saturated heterocycles. The lowest BCUT2D eigenvalue weighted by Crippen LogP contribution is -2.24. The SMILES string of the molecule is CCOc1ccc(-n2c(SCC(=O)NN=Cc3ccc(O)c(OC)c3)nc3sc4c(c3c2=O)CCCC4)cc1. The number of carbonyl (C=O) groups is 1. The van der Waals surface area contributed by atoms with Crippen LogP contribution in [0.15, 0.2) is 57.5 Å². The van der Waals surface area contributed by atoms with Crippen LogP contribution in [0, 0.1) is 0 Å². The molecule has 11 heteroatoms. The first kappa shape index (κ1) is 26.8. The zero-order valence-corrected chi connectivity index (χ0v) is 23.2. The third-order valence-corrected chi connectivity index (χ3v) is 8.43. The minimum atomic E-state index is -0.347. The second-order valence-corrected chi connectivity index (χ2v) is 10.9. The summed E-state index contributed by atoms with van der Waals surface area (Å²) in [7, 11) is 1.46. The maximum absolute atomic E-state index is 13.9. The maximum Gasteiger partial charge on any atom is 0.267 e. The van der Waals surface area contributed by atoms with Crippen LogP contribution >= 0.6 is 23.1 Å². The van der Waals surface area contributed by atoms with Crippen molar-refractivity contribution in [3.63, 3.8) is 0 Å². The zero-order valence-electron chi connectivity index (χ0n) is 21.6. The van der Waals surface area contributed by atoms with E-state index in [1.165, 1.54) is 36.0 Å². The third-order valence-electron chi connectivity index (χ3n) is 6.30. The number of phenolic OH excluding ortho intramolecular Hbond substituents is 1. The van der Waals surface area contributed by atoms with E-state index in [4.69, 9.17) is 14.5 Å². The summed E-state index contributed by atoms with van der Waals surface area (Å²) in [6.07, 6.45) is 5.49. The first-order chi connectivity index (χ1) is 19.0. The van der Waals surface area contributed by atoms with Crippen LogP contribution in [0.3, 0.4) is 0 Å². The van der Waals surface area contributed by atoms with Gasteiger partial charge >= 0.3 is 0 Å². The molecular formula is C28H28N4O5S2. The fourth-order valence-corrected chi connectivity index (χ4v) is 6.59. The van der Waals surface area contributed by atoms with Crippen LogP contribution in [-0.2, 0) is 17.6 Å². The van der Waals surface area contributed by atoms with Gasteiger partial charge in [0.05, 0.1) is 36.8 Å². The molecule has 2 N–H and O–H groups in total. The van der Waals surface area contributed by atoms with Crippen LogP contribution in [0.2, 0.25) is 0 Å². The highest BCUT2D eigenvalue weighted by Gasteiger charge is 2.23. The minimum absolute atomic E-state index is 0.0102. The Kier molecular flexibility index (Phi) is 8.18. The quantitative estimate of drug-likeness (QED) is 0.131. The number of hydrogen-bond donors (Lipinski definition) is 2. The number of fused-ring (bicyclic) bond motifs is 3. The van der Waals surface area contributed by atoms with E-state index >= 15 is 0 Å². The fourth-order valence-electron chi connectivity index (χ4n) is 4.48. The summed E-state index contributed by atoms with van der Waals surface area (Å²) in [5.74, 6) is 0.708. The summed E-state index contributed by atoms with van der Waals surface area (Å²) in [5.41, 5.74) is 4.81. The number of rotatable bonds is 9. The Labute approximate surface area is 233 Å². The number of thiophene rings is 1. The molecule has 39 heavy (non-hydrogen) atoms. The smallest absolute Gasteiger partial charge is 0.267 e. The van der Waals surface area contributed by atoms with Gasteiger partial charge in [-0.3, -0.25) is 14.2 Å². The molecule has 0 atom stereocenters. The predicted octanol–water partition coefficient (Wildman–Crippen LogP) is 4.68. The van der Waals surface area contributed by atoms with E-state index in [9.17, 15) is 14.7 Å². The number of aromatic nitrogens is 2. The molecule has 9 nitrogen and oxygen atoms in total. The van der Waals surface area contributed by atoms with Crippen molar-refractivity contribution in [1.29, 1.82) is 0 Å². The van der Waals surface area contributed by atoms with Gasteiger partial charge in [-0.1, -0.05) is 11.8 Å². The minimum Gasteiger partial charge on any atom is -0.504 e. The van der Waals surface area contributed by atoms with Gasteiger partial charge in [-0.05, 0) is 86.2 Å². The second-order valence-electron chi connectivity index (χ2n) is 8.87. The highest BCUT2D eigenvalue weighted by Crippen LogP contribution is 2.35. The number of phenols is 1. The number of ether oxygens (including phenoxy) is 2. The lowest BCUT2D eigenvalue weighted by atomic mass is 9.97. The van der Waals surface area contributed by atoms with Crippen LogP contribution in [0.4, 0.5) is 0 Å². The predicted molar refractivity (Wildman–Crippen MR) is 154 cm³/mol. The number of nitrogens with one attached hydrogen (secondary N) is 1. The van der Waals surface area contributed by atoms with E-state index in [1.807, 2.05) is 31.2 Å². The number of amides is 1. The van der Waals surface area contributed by atoms with E-state index in [1.54, 1.807) is 28.0 Å². The molecular weight excluding hydrogens is 536 g/mol. The molecule has 0 saturated carbocycles. The first-order valence-corrected chi connectivity index (χ1v) is 14.4. The van der Waals surface area contributed by atoms with E-state index in [-0.39, 0.29) is 23.0 Å². The molecule has 0 fully saturated rings. The number of benzene rings is 2. The van der Waals surface area contributed by atoms with E-state index in [2.05, 4.69) is 10.5 Å². The van der Waals surface area contributed by atoms with Crippen molar-refractivity contribution in [2.75, 3.05) is 19.5 Å².